The average molecular weight is 467 g/mol. The summed E-state index contributed by atoms with van der Waals surface area (Å²) in [6.07, 6.45) is -0.603. The summed E-state index contributed by atoms with van der Waals surface area (Å²) >= 11 is 6.95. The Labute approximate surface area is 191 Å². The van der Waals surface area contributed by atoms with Gasteiger partial charge in [-0.25, -0.2) is 4.98 Å². The van der Waals surface area contributed by atoms with Gasteiger partial charge in [0.05, 0.1) is 17.1 Å². The predicted molar refractivity (Wildman–Crippen MR) is 120 cm³/mol. The molecule has 32 heavy (non-hydrogen) atoms. The van der Waals surface area contributed by atoms with Crippen LogP contribution >= 0.6 is 23.4 Å². The molecule has 1 aliphatic rings. The van der Waals surface area contributed by atoms with Crippen molar-refractivity contribution < 1.29 is 14.3 Å². The van der Waals surface area contributed by atoms with E-state index in [9.17, 15) is 19.6 Å². The van der Waals surface area contributed by atoms with Crippen molar-refractivity contribution in [2.45, 2.75) is 18.2 Å². The predicted octanol–water partition coefficient (Wildman–Crippen LogP) is 3.66. The van der Waals surface area contributed by atoms with Crippen molar-refractivity contribution in [3.63, 3.8) is 0 Å². The lowest BCUT2D eigenvalue weighted by molar-refractivity contribution is -0.122. The quantitative estimate of drug-likeness (QED) is 0.334. The number of benzene rings is 2. The molecule has 0 radical (unpaired) electrons. The molecule has 0 fully saturated rings. The topological polar surface area (TPSA) is 125 Å². The first kappa shape index (κ1) is 21.6. The Balaban J connectivity index is 1.55. The first-order chi connectivity index (χ1) is 15.4. The van der Waals surface area contributed by atoms with E-state index in [1.807, 2.05) is 6.07 Å². The molecule has 3 aromatic rings. The second kappa shape index (κ2) is 8.86. The number of aromatic amines is 1. The Bertz CT molecular complexity index is 1330. The summed E-state index contributed by atoms with van der Waals surface area (Å²) in [5.74, 6) is -0.0397. The van der Waals surface area contributed by atoms with Crippen LogP contribution in [0.4, 0.5) is 5.69 Å². The number of halogens is 1. The molecular weight excluding hydrogens is 452 g/mol. The van der Waals surface area contributed by atoms with Crippen molar-refractivity contribution in [1.29, 1.82) is 5.26 Å². The highest BCUT2D eigenvalue weighted by Gasteiger charge is 2.24. The molecule has 10 heteroatoms. The zero-order chi connectivity index (χ0) is 22.8. The van der Waals surface area contributed by atoms with E-state index < -0.39 is 11.7 Å². The van der Waals surface area contributed by atoms with Gasteiger partial charge in [-0.15, -0.1) is 0 Å². The largest absolute Gasteiger partial charge is 0.479 e. The first-order valence-corrected chi connectivity index (χ1v) is 10.8. The number of carbonyl (C=O) groups excluding carboxylic acids is 2. The number of ether oxygens (including phenoxy) is 1. The number of hydrogen-bond acceptors (Lipinski definition) is 7. The Hall–Kier alpha value is -3.61. The van der Waals surface area contributed by atoms with Crippen LogP contribution in [0.3, 0.4) is 0 Å². The van der Waals surface area contributed by atoms with E-state index in [-0.39, 0.29) is 33.9 Å². The third-order valence-electron chi connectivity index (χ3n) is 4.70. The van der Waals surface area contributed by atoms with Gasteiger partial charge in [-0.05, 0) is 37.3 Å². The minimum atomic E-state index is -0.603. The van der Waals surface area contributed by atoms with Gasteiger partial charge in [0.15, 0.2) is 17.0 Å². The lowest BCUT2D eigenvalue weighted by atomic mass is 10.1. The smallest absolute Gasteiger partial charge is 0.270 e. The number of ketones is 1. The number of nitrogens with zero attached hydrogens (tertiary/aromatic N) is 2. The number of thioether (sulfide) groups is 1. The molecule has 0 saturated heterocycles. The molecule has 160 valence electrons. The van der Waals surface area contributed by atoms with Gasteiger partial charge in [-0.1, -0.05) is 35.5 Å². The zero-order valence-corrected chi connectivity index (χ0v) is 18.2. The maximum atomic E-state index is 12.7. The van der Waals surface area contributed by atoms with Crippen molar-refractivity contribution in [2.75, 3.05) is 11.1 Å². The molecule has 2 aromatic carbocycles. The van der Waals surface area contributed by atoms with Gasteiger partial charge >= 0.3 is 0 Å². The number of amides is 1. The average Bonchev–Trinajstić information content (AvgIpc) is 2.78. The summed E-state index contributed by atoms with van der Waals surface area (Å²) in [5, 5.41) is 12.8. The molecule has 1 aromatic heterocycles. The molecule has 2 N–H and O–H groups in total. The van der Waals surface area contributed by atoms with Crippen LogP contribution in [-0.2, 0) is 4.79 Å². The van der Waals surface area contributed by atoms with Crippen LogP contribution in [0, 0.1) is 11.3 Å². The van der Waals surface area contributed by atoms with Crippen molar-refractivity contribution in [3.8, 4) is 23.1 Å². The first-order valence-electron chi connectivity index (χ1n) is 9.43. The minimum Gasteiger partial charge on any atom is -0.479 e. The van der Waals surface area contributed by atoms with Crippen molar-refractivity contribution >= 4 is 40.7 Å². The molecule has 0 unspecified atom stereocenters. The molecule has 2 heterocycles. The summed E-state index contributed by atoms with van der Waals surface area (Å²) in [7, 11) is 0. The van der Waals surface area contributed by atoms with Gasteiger partial charge in [0, 0.05) is 16.1 Å². The number of H-pyrrole nitrogens is 1. The van der Waals surface area contributed by atoms with E-state index in [0.717, 1.165) is 11.8 Å². The highest BCUT2D eigenvalue weighted by atomic mass is 35.5. The molecule has 1 aliphatic heterocycles. The summed E-state index contributed by atoms with van der Waals surface area (Å²) in [6, 6.07) is 13.3. The van der Waals surface area contributed by atoms with Crippen LogP contribution in [0.25, 0.3) is 11.3 Å². The second-order valence-corrected chi connectivity index (χ2v) is 8.29. The van der Waals surface area contributed by atoms with Crippen LogP contribution in [-0.4, -0.2) is 33.5 Å². The third-order valence-corrected chi connectivity index (χ3v) is 5.82. The number of carbonyl (C=O) groups is 2. The van der Waals surface area contributed by atoms with E-state index in [1.54, 1.807) is 49.4 Å². The lowest BCUT2D eigenvalue weighted by Crippen LogP contribution is -2.34. The summed E-state index contributed by atoms with van der Waals surface area (Å²) in [5.41, 5.74) is 0.867. The van der Waals surface area contributed by atoms with Crippen LogP contribution < -0.4 is 15.6 Å². The molecule has 1 amide bonds. The Kier molecular flexibility index (Phi) is 5.99. The molecule has 0 saturated carbocycles. The summed E-state index contributed by atoms with van der Waals surface area (Å²) in [6.45, 7) is 1.64. The standard InChI is InChI=1S/C22H15ClN4O4S/c1-11-20(29)25-16-8-13(4-7-18(16)31-11)17(28)10-32-22-26-19(15(9-24)21(30)27-22)12-2-5-14(23)6-3-12/h2-8,11H,10H2,1H3,(H,25,29)(H,26,27,30)/t11-/m1/s1. The van der Waals surface area contributed by atoms with Crippen LogP contribution in [0.15, 0.2) is 52.4 Å². The van der Waals surface area contributed by atoms with E-state index in [2.05, 4.69) is 15.3 Å². The fraction of sp³-hybridized carbons (Fsp3) is 0.136. The van der Waals surface area contributed by atoms with Gasteiger partial charge in [0.2, 0.25) is 0 Å². The Morgan fingerprint density at radius 2 is 2.00 bits per heavy atom. The van der Waals surface area contributed by atoms with Gasteiger partial charge in [0.25, 0.3) is 11.5 Å². The van der Waals surface area contributed by atoms with E-state index >= 15 is 0 Å². The van der Waals surface area contributed by atoms with Crippen LogP contribution in [0.5, 0.6) is 5.75 Å². The van der Waals surface area contributed by atoms with Crippen molar-refractivity contribution in [2.24, 2.45) is 0 Å². The summed E-state index contributed by atoms with van der Waals surface area (Å²) < 4.78 is 5.49. The van der Waals surface area contributed by atoms with Crippen LogP contribution in [0.2, 0.25) is 5.02 Å². The number of Topliss-reactive ketones (excluding diaryl/α,β-unsaturated/α-hetero) is 1. The van der Waals surface area contributed by atoms with E-state index in [1.165, 1.54) is 0 Å². The van der Waals surface area contributed by atoms with E-state index in [4.69, 9.17) is 16.3 Å². The maximum absolute atomic E-state index is 12.7. The number of rotatable bonds is 5. The van der Waals surface area contributed by atoms with Gasteiger partial charge < -0.3 is 15.0 Å². The molecule has 8 nitrogen and oxygen atoms in total. The highest BCUT2D eigenvalue weighted by Crippen LogP contribution is 2.31. The fourth-order valence-electron chi connectivity index (χ4n) is 3.04. The number of fused-ring (bicyclic) bond motifs is 1. The van der Waals surface area contributed by atoms with Gasteiger partial charge in [-0.2, -0.15) is 5.26 Å². The van der Waals surface area contributed by atoms with Gasteiger partial charge in [-0.3, -0.25) is 14.4 Å². The normalized spacial score (nSPS) is 14.7. The lowest BCUT2D eigenvalue weighted by Gasteiger charge is -2.23. The van der Waals surface area contributed by atoms with Crippen molar-refractivity contribution in [1.82, 2.24) is 9.97 Å². The molecule has 0 aliphatic carbocycles. The zero-order valence-electron chi connectivity index (χ0n) is 16.6. The molecular formula is C22H15ClN4O4S. The van der Waals surface area contributed by atoms with Crippen LogP contribution in [0.1, 0.15) is 22.8 Å². The fourth-order valence-corrected chi connectivity index (χ4v) is 3.92. The minimum absolute atomic E-state index is 0.0150. The van der Waals surface area contributed by atoms with E-state index in [0.29, 0.717) is 27.6 Å². The number of nitrogens with one attached hydrogen (secondary N) is 2. The molecule has 4 rings (SSSR count). The molecule has 0 spiro atoms. The Morgan fingerprint density at radius 1 is 1.25 bits per heavy atom. The highest BCUT2D eigenvalue weighted by molar-refractivity contribution is 7.99. The third kappa shape index (κ3) is 4.37. The summed E-state index contributed by atoms with van der Waals surface area (Å²) in [4.78, 5) is 43.8. The van der Waals surface area contributed by atoms with Gasteiger partial charge in [0.1, 0.15) is 17.4 Å². The SMILES string of the molecule is C[C@H]1Oc2ccc(C(=O)CSc3nc(-c4ccc(Cl)cc4)c(C#N)c(=O)[nH]3)cc2NC1=O. The number of nitriles is 1. The second-order valence-electron chi connectivity index (χ2n) is 6.89. The maximum Gasteiger partial charge on any atom is 0.270 e. The number of aromatic nitrogens is 2. The molecule has 1 atom stereocenters. The molecule has 0 bridgehead atoms. The number of anilines is 1. The number of hydrogen-bond donors (Lipinski definition) is 2. The van der Waals surface area contributed by atoms with Crippen molar-refractivity contribution in [3.05, 3.63) is 69.0 Å². The monoisotopic (exact) mass is 466 g/mol. The Morgan fingerprint density at radius 3 is 2.72 bits per heavy atom.